The van der Waals surface area contributed by atoms with Crippen molar-refractivity contribution >= 4 is 31.1 Å². The molecule has 0 spiro atoms. The molecule has 0 aliphatic heterocycles. The maximum Gasteiger partial charge on any atom is 0.288 e. The number of hydrogen-bond donors (Lipinski definition) is 0. The summed E-state index contributed by atoms with van der Waals surface area (Å²) in [5, 5.41) is 0. The van der Waals surface area contributed by atoms with Gasteiger partial charge in [0.1, 0.15) is 0 Å². The molecule has 62 valence electrons. The Kier molecular flexibility index (Phi) is 2.22. The highest BCUT2D eigenvalue weighted by Crippen LogP contribution is 2.23. The van der Waals surface area contributed by atoms with Crippen molar-refractivity contribution in [1.29, 1.82) is 0 Å². The van der Waals surface area contributed by atoms with Gasteiger partial charge in [0.05, 0.1) is 5.69 Å². The summed E-state index contributed by atoms with van der Waals surface area (Å²) in [6, 6.07) is 0. The van der Waals surface area contributed by atoms with Crippen LogP contribution in [0.4, 0.5) is 0 Å². The van der Waals surface area contributed by atoms with Crippen LogP contribution in [0.3, 0.4) is 0 Å². The van der Waals surface area contributed by atoms with Crippen molar-refractivity contribution in [1.82, 2.24) is 4.98 Å². The Morgan fingerprint density at radius 3 is 2.18 bits per heavy atom. The first-order chi connectivity index (χ1) is 4.91. The SMILES string of the molecule is Cc1nc(S(=O)(=O)Cl)sc1C. The van der Waals surface area contributed by atoms with Crippen LogP contribution in [0.25, 0.3) is 0 Å². The lowest BCUT2D eigenvalue weighted by molar-refractivity contribution is 0.608. The molecular weight excluding hydrogens is 206 g/mol. The molecule has 0 unspecified atom stereocenters. The summed E-state index contributed by atoms with van der Waals surface area (Å²) in [5.74, 6) is 0. The summed E-state index contributed by atoms with van der Waals surface area (Å²) in [4.78, 5) is 4.66. The molecule has 0 aromatic carbocycles. The fraction of sp³-hybridized carbons (Fsp3) is 0.400. The molecule has 1 aromatic rings. The smallest absolute Gasteiger partial charge is 0.229 e. The van der Waals surface area contributed by atoms with E-state index in [2.05, 4.69) is 4.98 Å². The largest absolute Gasteiger partial charge is 0.288 e. The van der Waals surface area contributed by atoms with Gasteiger partial charge in [0.25, 0.3) is 9.05 Å². The normalized spacial score (nSPS) is 11.9. The van der Waals surface area contributed by atoms with Crippen LogP contribution in [-0.2, 0) is 9.05 Å². The molecule has 0 N–H and O–H groups in total. The number of rotatable bonds is 1. The molecular formula is C5H6ClNO2S2. The lowest BCUT2D eigenvalue weighted by atomic mass is 10.4. The molecule has 1 heterocycles. The van der Waals surface area contributed by atoms with E-state index in [1.54, 1.807) is 13.8 Å². The van der Waals surface area contributed by atoms with Crippen molar-refractivity contribution in [3.05, 3.63) is 10.6 Å². The highest BCUT2D eigenvalue weighted by molar-refractivity contribution is 8.14. The van der Waals surface area contributed by atoms with Gasteiger partial charge in [-0.25, -0.2) is 13.4 Å². The van der Waals surface area contributed by atoms with E-state index in [1.807, 2.05) is 0 Å². The van der Waals surface area contributed by atoms with Crippen LogP contribution in [0.2, 0.25) is 0 Å². The Morgan fingerprint density at radius 2 is 2.00 bits per heavy atom. The van der Waals surface area contributed by atoms with Crippen LogP contribution in [0, 0.1) is 13.8 Å². The van der Waals surface area contributed by atoms with Crippen LogP contribution in [0.15, 0.2) is 4.34 Å². The van der Waals surface area contributed by atoms with Crippen LogP contribution in [-0.4, -0.2) is 13.4 Å². The first-order valence-electron chi connectivity index (χ1n) is 2.80. The van der Waals surface area contributed by atoms with E-state index in [4.69, 9.17) is 10.7 Å². The average molecular weight is 212 g/mol. The molecule has 0 aliphatic rings. The quantitative estimate of drug-likeness (QED) is 0.665. The van der Waals surface area contributed by atoms with Gasteiger partial charge < -0.3 is 0 Å². The van der Waals surface area contributed by atoms with Crippen molar-refractivity contribution in [2.75, 3.05) is 0 Å². The summed E-state index contributed by atoms with van der Waals surface area (Å²) in [6.07, 6.45) is 0. The zero-order chi connectivity index (χ0) is 8.65. The topological polar surface area (TPSA) is 47.0 Å². The lowest BCUT2D eigenvalue weighted by Gasteiger charge is -1.82. The van der Waals surface area contributed by atoms with Gasteiger partial charge in [-0.1, -0.05) is 0 Å². The molecule has 0 bridgehead atoms. The van der Waals surface area contributed by atoms with Crippen molar-refractivity contribution < 1.29 is 8.42 Å². The fourth-order valence-electron chi connectivity index (χ4n) is 0.548. The van der Waals surface area contributed by atoms with Gasteiger partial charge in [-0.2, -0.15) is 0 Å². The molecule has 0 atom stereocenters. The van der Waals surface area contributed by atoms with Gasteiger partial charge in [-0.15, -0.1) is 11.3 Å². The number of hydrogen-bond acceptors (Lipinski definition) is 4. The van der Waals surface area contributed by atoms with Crippen molar-refractivity contribution in [2.45, 2.75) is 18.2 Å². The van der Waals surface area contributed by atoms with E-state index in [-0.39, 0.29) is 4.34 Å². The van der Waals surface area contributed by atoms with Gasteiger partial charge in [-0.05, 0) is 13.8 Å². The highest BCUT2D eigenvalue weighted by Gasteiger charge is 2.15. The molecule has 1 rings (SSSR count). The average Bonchev–Trinajstić information content (AvgIpc) is 2.11. The van der Waals surface area contributed by atoms with Crippen LogP contribution >= 0.6 is 22.0 Å². The van der Waals surface area contributed by atoms with E-state index in [1.165, 1.54) is 0 Å². The predicted octanol–water partition coefficient (Wildman–Crippen LogP) is 1.69. The lowest BCUT2D eigenvalue weighted by Crippen LogP contribution is -1.88. The molecule has 0 amide bonds. The first kappa shape index (κ1) is 8.96. The van der Waals surface area contributed by atoms with E-state index >= 15 is 0 Å². The number of thiazole rings is 1. The molecule has 0 radical (unpaired) electrons. The fourth-order valence-corrected chi connectivity index (χ4v) is 2.59. The second-order valence-corrected chi connectivity index (χ2v) is 6.00. The molecule has 3 nitrogen and oxygen atoms in total. The van der Waals surface area contributed by atoms with E-state index in [0.29, 0.717) is 5.69 Å². The second kappa shape index (κ2) is 2.73. The number of nitrogens with zero attached hydrogens (tertiary/aromatic N) is 1. The Balaban J connectivity index is 3.29. The maximum absolute atomic E-state index is 10.7. The van der Waals surface area contributed by atoms with Crippen molar-refractivity contribution in [3.63, 3.8) is 0 Å². The monoisotopic (exact) mass is 211 g/mol. The summed E-state index contributed by atoms with van der Waals surface area (Å²) in [5.41, 5.74) is 0.717. The maximum atomic E-state index is 10.7. The summed E-state index contributed by atoms with van der Waals surface area (Å²) >= 11 is 1.09. The zero-order valence-corrected chi connectivity index (χ0v) is 8.35. The molecule has 0 aliphatic carbocycles. The van der Waals surface area contributed by atoms with E-state index in [0.717, 1.165) is 16.2 Å². The summed E-state index contributed by atoms with van der Waals surface area (Å²) in [7, 11) is 1.44. The predicted molar refractivity (Wildman–Crippen MR) is 44.6 cm³/mol. The second-order valence-electron chi connectivity index (χ2n) is 2.06. The van der Waals surface area contributed by atoms with E-state index < -0.39 is 9.05 Å². The Hall–Kier alpha value is -0.130. The van der Waals surface area contributed by atoms with Crippen molar-refractivity contribution in [2.24, 2.45) is 0 Å². The minimum Gasteiger partial charge on any atom is -0.229 e. The molecule has 11 heavy (non-hydrogen) atoms. The Morgan fingerprint density at radius 1 is 1.45 bits per heavy atom. The molecule has 0 saturated carbocycles. The molecule has 6 heteroatoms. The number of halogens is 1. The van der Waals surface area contributed by atoms with Gasteiger partial charge in [0.2, 0.25) is 4.34 Å². The molecule has 0 fully saturated rings. The van der Waals surface area contributed by atoms with Crippen LogP contribution in [0.1, 0.15) is 10.6 Å². The Bertz CT molecular complexity index is 348. The van der Waals surface area contributed by atoms with Gasteiger partial charge >= 0.3 is 0 Å². The van der Waals surface area contributed by atoms with Crippen LogP contribution in [0.5, 0.6) is 0 Å². The van der Waals surface area contributed by atoms with E-state index in [9.17, 15) is 8.42 Å². The van der Waals surface area contributed by atoms with Gasteiger partial charge in [0, 0.05) is 15.6 Å². The first-order valence-corrected chi connectivity index (χ1v) is 5.92. The Labute approximate surface area is 73.5 Å². The number of aromatic nitrogens is 1. The zero-order valence-electron chi connectivity index (χ0n) is 5.96. The number of aryl methyl sites for hydroxylation is 2. The third-order valence-corrected chi connectivity index (χ3v) is 4.21. The molecule has 1 aromatic heterocycles. The third kappa shape index (κ3) is 1.91. The minimum absolute atomic E-state index is 0.0193. The minimum atomic E-state index is -3.62. The highest BCUT2D eigenvalue weighted by atomic mass is 35.7. The van der Waals surface area contributed by atoms with Gasteiger partial charge in [-0.3, -0.25) is 0 Å². The third-order valence-electron chi connectivity index (χ3n) is 1.22. The van der Waals surface area contributed by atoms with Gasteiger partial charge in [0.15, 0.2) is 0 Å². The summed E-state index contributed by atoms with van der Waals surface area (Å²) < 4.78 is 21.4. The van der Waals surface area contributed by atoms with Crippen molar-refractivity contribution in [3.8, 4) is 0 Å². The molecule has 0 saturated heterocycles. The summed E-state index contributed by atoms with van der Waals surface area (Å²) in [6.45, 7) is 3.55. The standard InChI is InChI=1S/C5H6ClNO2S2/c1-3-4(2)10-5(7-3)11(6,8)9/h1-2H3. The van der Waals surface area contributed by atoms with Crippen LogP contribution < -0.4 is 0 Å².